The predicted molar refractivity (Wildman–Crippen MR) is 80.1 cm³/mol. The molecular weight excluding hydrogens is 314 g/mol. The molecule has 0 saturated heterocycles. The van der Waals surface area contributed by atoms with Gasteiger partial charge in [0, 0.05) is 5.02 Å². The summed E-state index contributed by atoms with van der Waals surface area (Å²) in [4.78, 5) is 13.9. The van der Waals surface area contributed by atoms with E-state index in [1.807, 2.05) is 0 Å². The molecule has 1 aliphatic rings. The lowest BCUT2D eigenvalue weighted by Crippen LogP contribution is -2.54. The topological polar surface area (TPSA) is 92.5 Å². The number of carbonyl (C=O) groups excluding carboxylic acids is 1. The molecule has 0 bridgehead atoms. The summed E-state index contributed by atoms with van der Waals surface area (Å²) < 4.78 is 24.6. The SMILES string of the molecule is NC(=O)N(NS(=O)(=O)c1ccc(Cl)cc1)C1CCCCC1. The summed E-state index contributed by atoms with van der Waals surface area (Å²) in [5, 5.41) is 1.47. The van der Waals surface area contributed by atoms with Crippen LogP contribution in [0.25, 0.3) is 0 Å². The average Bonchev–Trinajstić information content (AvgIpc) is 2.46. The zero-order valence-corrected chi connectivity index (χ0v) is 13.0. The van der Waals surface area contributed by atoms with E-state index < -0.39 is 16.1 Å². The van der Waals surface area contributed by atoms with Crippen LogP contribution in [0.2, 0.25) is 5.02 Å². The van der Waals surface area contributed by atoms with Crippen LogP contribution in [0.15, 0.2) is 29.2 Å². The molecule has 1 fully saturated rings. The third-order valence-electron chi connectivity index (χ3n) is 3.52. The summed E-state index contributed by atoms with van der Waals surface area (Å²) in [7, 11) is -3.85. The number of nitrogens with two attached hydrogens (primary N) is 1. The molecule has 6 nitrogen and oxygen atoms in total. The van der Waals surface area contributed by atoms with Crippen molar-refractivity contribution in [3.05, 3.63) is 29.3 Å². The highest BCUT2D eigenvalue weighted by atomic mass is 35.5. The molecule has 1 aromatic rings. The Morgan fingerprint density at radius 1 is 1.19 bits per heavy atom. The molecule has 0 spiro atoms. The zero-order valence-electron chi connectivity index (χ0n) is 11.5. The van der Waals surface area contributed by atoms with Crippen LogP contribution < -0.4 is 10.6 Å². The van der Waals surface area contributed by atoms with Gasteiger partial charge in [-0.15, -0.1) is 4.83 Å². The summed E-state index contributed by atoms with van der Waals surface area (Å²) in [6.45, 7) is 0. The molecular formula is C13H18ClN3O3S. The maximum atomic E-state index is 12.3. The number of nitrogens with one attached hydrogen (secondary N) is 1. The average molecular weight is 332 g/mol. The molecule has 0 atom stereocenters. The van der Waals surface area contributed by atoms with Crippen LogP contribution in [0.5, 0.6) is 0 Å². The van der Waals surface area contributed by atoms with Crippen molar-refractivity contribution in [1.29, 1.82) is 0 Å². The van der Waals surface area contributed by atoms with Gasteiger partial charge in [0.25, 0.3) is 10.0 Å². The van der Waals surface area contributed by atoms with Gasteiger partial charge in [0.15, 0.2) is 0 Å². The van der Waals surface area contributed by atoms with Crippen molar-refractivity contribution in [2.24, 2.45) is 5.73 Å². The highest BCUT2D eigenvalue weighted by molar-refractivity contribution is 7.89. The van der Waals surface area contributed by atoms with Crippen LogP contribution >= 0.6 is 11.6 Å². The maximum Gasteiger partial charge on any atom is 0.330 e. The molecule has 21 heavy (non-hydrogen) atoms. The van der Waals surface area contributed by atoms with Gasteiger partial charge >= 0.3 is 6.03 Å². The van der Waals surface area contributed by atoms with Gasteiger partial charge in [-0.1, -0.05) is 30.9 Å². The van der Waals surface area contributed by atoms with E-state index in [0.717, 1.165) is 37.1 Å². The number of rotatable bonds is 4. The van der Waals surface area contributed by atoms with E-state index in [0.29, 0.717) is 5.02 Å². The number of urea groups is 1. The van der Waals surface area contributed by atoms with Gasteiger partial charge in [0.05, 0.1) is 10.9 Å². The lowest BCUT2D eigenvalue weighted by molar-refractivity contribution is 0.148. The van der Waals surface area contributed by atoms with E-state index in [2.05, 4.69) is 4.83 Å². The van der Waals surface area contributed by atoms with Crippen molar-refractivity contribution in [2.75, 3.05) is 0 Å². The molecule has 1 aliphatic carbocycles. The van der Waals surface area contributed by atoms with E-state index in [9.17, 15) is 13.2 Å². The number of carbonyl (C=O) groups is 1. The van der Waals surface area contributed by atoms with E-state index in [1.165, 1.54) is 24.3 Å². The smallest absolute Gasteiger partial charge is 0.330 e. The zero-order chi connectivity index (χ0) is 15.5. The Hall–Kier alpha value is -1.31. The predicted octanol–water partition coefficient (Wildman–Crippen LogP) is 2.25. The molecule has 3 N–H and O–H groups in total. The molecule has 1 saturated carbocycles. The van der Waals surface area contributed by atoms with Crippen molar-refractivity contribution in [3.63, 3.8) is 0 Å². The van der Waals surface area contributed by atoms with E-state index in [1.54, 1.807) is 0 Å². The third kappa shape index (κ3) is 4.09. The molecule has 2 rings (SSSR count). The number of hydrogen-bond donors (Lipinski definition) is 2. The molecule has 0 unspecified atom stereocenters. The van der Waals surface area contributed by atoms with Crippen molar-refractivity contribution in [2.45, 2.75) is 43.0 Å². The molecule has 0 heterocycles. The second kappa shape index (κ2) is 6.64. The molecule has 0 radical (unpaired) electrons. The maximum absolute atomic E-state index is 12.3. The van der Waals surface area contributed by atoms with Crippen LogP contribution in [-0.4, -0.2) is 25.5 Å². The summed E-state index contributed by atoms with van der Waals surface area (Å²) in [6, 6.07) is 4.73. The first-order chi connectivity index (χ1) is 9.90. The second-order valence-electron chi connectivity index (χ2n) is 5.05. The van der Waals surface area contributed by atoms with Crippen molar-refractivity contribution >= 4 is 27.7 Å². The van der Waals surface area contributed by atoms with E-state index in [-0.39, 0.29) is 10.9 Å². The Morgan fingerprint density at radius 2 is 1.76 bits per heavy atom. The monoisotopic (exact) mass is 331 g/mol. The first-order valence-corrected chi connectivity index (χ1v) is 8.63. The van der Waals surface area contributed by atoms with Crippen LogP contribution in [0.3, 0.4) is 0 Å². The molecule has 116 valence electrons. The summed E-state index contributed by atoms with van der Waals surface area (Å²) in [5.41, 5.74) is 5.32. The first-order valence-electron chi connectivity index (χ1n) is 6.77. The number of primary amides is 1. The second-order valence-corrected chi connectivity index (χ2v) is 7.15. The van der Waals surface area contributed by atoms with Crippen LogP contribution in [0, 0.1) is 0 Å². The Bertz CT molecular complexity index is 598. The fraction of sp³-hybridized carbons (Fsp3) is 0.462. The number of benzene rings is 1. The minimum absolute atomic E-state index is 0.0361. The van der Waals surface area contributed by atoms with E-state index >= 15 is 0 Å². The summed E-state index contributed by atoms with van der Waals surface area (Å²) in [6.07, 6.45) is 4.49. The molecule has 2 amide bonds. The largest absolute Gasteiger partial charge is 0.350 e. The highest BCUT2D eigenvalue weighted by Gasteiger charge is 2.28. The van der Waals surface area contributed by atoms with Gasteiger partial charge in [-0.2, -0.15) is 0 Å². The Morgan fingerprint density at radius 3 is 2.29 bits per heavy atom. The number of amides is 2. The number of sulfonamides is 1. The summed E-state index contributed by atoms with van der Waals surface area (Å²) >= 11 is 5.74. The molecule has 1 aromatic carbocycles. The van der Waals surface area contributed by atoms with Gasteiger partial charge in [-0.3, -0.25) is 0 Å². The van der Waals surface area contributed by atoms with Gasteiger partial charge in [0.1, 0.15) is 0 Å². The van der Waals surface area contributed by atoms with Crippen LogP contribution in [0.1, 0.15) is 32.1 Å². The Kier molecular flexibility index (Phi) is 5.08. The Balaban J connectivity index is 2.18. The van der Waals surface area contributed by atoms with Crippen LogP contribution in [-0.2, 0) is 10.0 Å². The lowest BCUT2D eigenvalue weighted by atomic mass is 9.95. The standard InChI is InChI=1S/C13H18ClN3O3S/c14-10-6-8-12(9-7-10)21(19,20)16-17(13(15)18)11-4-2-1-3-5-11/h6-9,11,16H,1-5H2,(H2,15,18). The quantitative estimate of drug-likeness (QED) is 0.829. The molecule has 0 aromatic heterocycles. The normalized spacial score (nSPS) is 16.6. The van der Waals surface area contributed by atoms with Crippen molar-refractivity contribution in [3.8, 4) is 0 Å². The number of halogens is 1. The van der Waals surface area contributed by atoms with Gasteiger partial charge in [-0.25, -0.2) is 18.2 Å². The minimum Gasteiger partial charge on any atom is -0.350 e. The fourth-order valence-electron chi connectivity index (χ4n) is 2.43. The minimum atomic E-state index is -3.85. The fourth-order valence-corrected chi connectivity index (χ4v) is 3.66. The molecule has 8 heteroatoms. The number of nitrogens with zero attached hydrogens (tertiary/aromatic N) is 1. The molecule has 0 aliphatic heterocycles. The van der Waals surface area contributed by atoms with Gasteiger partial charge < -0.3 is 5.73 Å². The van der Waals surface area contributed by atoms with E-state index in [4.69, 9.17) is 17.3 Å². The number of hydrazine groups is 1. The highest BCUT2D eigenvalue weighted by Crippen LogP contribution is 2.22. The first kappa shape index (κ1) is 16.1. The van der Waals surface area contributed by atoms with Crippen LogP contribution in [0.4, 0.5) is 4.79 Å². The van der Waals surface area contributed by atoms with Gasteiger partial charge in [0.2, 0.25) is 0 Å². The van der Waals surface area contributed by atoms with Gasteiger partial charge in [-0.05, 0) is 37.1 Å². The lowest BCUT2D eigenvalue weighted by Gasteiger charge is -2.32. The number of hydrogen-bond acceptors (Lipinski definition) is 3. The Labute approximate surface area is 129 Å². The van der Waals surface area contributed by atoms with Crippen molar-refractivity contribution < 1.29 is 13.2 Å². The third-order valence-corrected chi connectivity index (χ3v) is 5.10. The summed E-state index contributed by atoms with van der Waals surface area (Å²) in [5.74, 6) is 0. The van der Waals surface area contributed by atoms with Crippen molar-refractivity contribution in [1.82, 2.24) is 9.84 Å².